The van der Waals surface area contributed by atoms with Gasteiger partial charge in [-0.15, -0.1) is 0 Å². The van der Waals surface area contributed by atoms with E-state index in [4.69, 9.17) is 13.6 Å². The van der Waals surface area contributed by atoms with Crippen molar-refractivity contribution in [3.05, 3.63) is 47.8 Å². The first kappa shape index (κ1) is 12.0. The van der Waals surface area contributed by atoms with Crippen molar-refractivity contribution in [3.8, 4) is 0 Å². The normalized spacial score (nSPS) is 10.9. The number of hydrogen-bond donors (Lipinski definition) is 1. The van der Waals surface area contributed by atoms with Crippen molar-refractivity contribution < 1.29 is 13.6 Å². The first-order chi connectivity index (χ1) is 8.40. The van der Waals surface area contributed by atoms with Gasteiger partial charge in [0.15, 0.2) is 0 Å². The summed E-state index contributed by atoms with van der Waals surface area (Å²) in [5.74, 6) is 1.77. The van der Waals surface area contributed by atoms with Crippen molar-refractivity contribution in [1.82, 2.24) is 5.32 Å². The molecule has 0 saturated heterocycles. The summed E-state index contributed by atoms with van der Waals surface area (Å²) in [6.45, 7) is 4.75. The molecule has 0 spiro atoms. The second kappa shape index (κ2) is 6.27. The van der Waals surface area contributed by atoms with Gasteiger partial charge in [0, 0.05) is 5.56 Å². The average molecular weight is 235 g/mol. The highest BCUT2D eigenvalue weighted by Gasteiger charge is 2.06. The molecular formula is C13H17NO3. The predicted molar refractivity (Wildman–Crippen MR) is 63.3 cm³/mol. The monoisotopic (exact) mass is 235 g/mol. The Morgan fingerprint density at radius 2 is 2.12 bits per heavy atom. The Balaban J connectivity index is 1.80. The van der Waals surface area contributed by atoms with Gasteiger partial charge in [-0.1, -0.05) is 6.92 Å². The topological polar surface area (TPSA) is 47.5 Å². The van der Waals surface area contributed by atoms with Gasteiger partial charge in [0.2, 0.25) is 0 Å². The lowest BCUT2D eigenvalue weighted by Crippen LogP contribution is -2.12. The molecule has 0 amide bonds. The molecule has 0 aliphatic rings. The molecule has 0 atom stereocenters. The third-order valence-electron chi connectivity index (χ3n) is 2.46. The van der Waals surface area contributed by atoms with Crippen molar-refractivity contribution >= 4 is 0 Å². The molecule has 2 aromatic heterocycles. The average Bonchev–Trinajstić information content (AvgIpc) is 2.98. The predicted octanol–water partition coefficient (Wildman–Crippen LogP) is 2.70. The maximum atomic E-state index is 5.56. The van der Waals surface area contributed by atoms with E-state index in [2.05, 4.69) is 12.2 Å². The van der Waals surface area contributed by atoms with Crippen LogP contribution in [-0.4, -0.2) is 6.54 Å². The number of ether oxygens (including phenoxy) is 1. The van der Waals surface area contributed by atoms with Gasteiger partial charge in [0.25, 0.3) is 0 Å². The number of rotatable bonds is 7. The summed E-state index contributed by atoms with van der Waals surface area (Å²) in [6, 6.07) is 5.69. The Kier molecular flexibility index (Phi) is 4.41. The number of hydrogen-bond acceptors (Lipinski definition) is 4. The van der Waals surface area contributed by atoms with Crippen LogP contribution in [0.25, 0.3) is 0 Å². The van der Waals surface area contributed by atoms with Gasteiger partial charge in [-0.2, -0.15) is 0 Å². The van der Waals surface area contributed by atoms with Gasteiger partial charge in [0.05, 0.1) is 25.7 Å². The maximum absolute atomic E-state index is 5.56. The molecule has 1 N–H and O–H groups in total. The lowest BCUT2D eigenvalue weighted by atomic mass is 10.2. The Morgan fingerprint density at radius 3 is 2.88 bits per heavy atom. The van der Waals surface area contributed by atoms with Gasteiger partial charge >= 0.3 is 0 Å². The maximum Gasteiger partial charge on any atom is 0.129 e. The van der Waals surface area contributed by atoms with Gasteiger partial charge < -0.3 is 18.9 Å². The molecule has 0 radical (unpaired) electrons. The van der Waals surface area contributed by atoms with Gasteiger partial charge in [0.1, 0.15) is 18.1 Å². The highest BCUT2D eigenvalue weighted by atomic mass is 16.5. The summed E-state index contributed by atoms with van der Waals surface area (Å²) in [5, 5.41) is 3.23. The summed E-state index contributed by atoms with van der Waals surface area (Å²) >= 11 is 0. The number of nitrogens with one attached hydrogen (secondary N) is 1. The van der Waals surface area contributed by atoms with E-state index < -0.39 is 0 Å². The standard InChI is InChI=1S/C13H17NO3/c1-2-14-8-13-11(5-7-17-13)9-15-10-12-4-3-6-16-12/h3-7,14H,2,8-10H2,1H3. The quantitative estimate of drug-likeness (QED) is 0.801. The Labute approximate surface area is 101 Å². The highest BCUT2D eigenvalue weighted by molar-refractivity contribution is 5.15. The lowest BCUT2D eigenvalue weighted by molar-refractivity contribution is 0.0918. The lowest BCUT2D eigenvalue weighted by Gasteiger charge is -2.04. The molecule has 0 fully saturated rings. The summed E-state index contributed by atoms with van der Waals surface area (Å²) in [6.07, 6.45) is 3.34. The molecule has 0 bridgehead atoms. The largest absolute Gasteiger partial charge is 0.468 e. The highest BCUT2D eigenvalue weighted by Crippen LogP contribution is 2.13. The van der Waals surface area contributed by atoms with Crippen molar-refractivity contribution in [2.45, 2.75) is 26.7 Å². The zero-order valence-electron chi connectivity index (χ0n) is 9.94. The summed E-state index contributed by atoms with van der Waals surface area (Å²) in [5.41, 5.74) is 1.08. The van der Waals surface area contributed by atoms with E-state index >= 15 is 0 Å². The van der Waals surface area contributed by atoms with E-state index in [-0.39, 0.29) is 0 Å². The van der Waals surface area contributed by atoms with Crippen LogP contribution in [0.2, 0.25) is 0 Å². The van der Waals surface area contributed by atoms with Crippen LogP contribution in [-0.2, 0) is 24.5 Å². The first-order valence-electron chi connectivity index (χ1n) is 5.76. The Hall–Kier alpha value is -1.52. The summed E-state index contributed by atoms with van der Waals surface area (Å²) < 4.78 is 16.1. The molecule has 92 valence electrons. The van der Waals surface area contributed by atoms with E-state index in [1.165, 1.54) is 0 Å². The fourth-order valence-electron chi connectivity index (χ4n) is 1.55. The summed E-state index contributed by atoms with van der Waals surface area (Å²) in [7, 11) is 0. The van der Waals surface area contributed by atoms with E-state index in [0.29, 0.717) is 13.2 Å². The second-order valence-corrected chi connectivity index (χ2v) is 3.72. The van der Waals surface area contributed by atoms with E-state index in [0.717, 1.165) is 30.2 Å². The zero-order chi connectivity index (χ0) is 11.9. The Morgan fingerprint density at radius 1 is 1.18 bits per heavy atom. The van der Waals surface area contributed by atoms with Crippen LogP contribution >= 0.6 is 0 Å². The smallest absolute Gasteiger partial charge is 0.129 e. The van der Waals surface area contributed by atoms with Crippen molar-refractivity contribution in [1.29, 1.82) is 0 Å². The molecule has 17 heavy (non-hydrogen) atoms. The van der Waals surface area contributed by atoms with Crippen molar-refractivity contribution in [3.63, 3.8) is 0 Å². The van der Waals surface area contributed by atoms with Gasteiger partial charge in [-0.3, -0.25) is 0 Å². The molecular weight excluding hydrogens is 218 g/mol. The molecule has 0 aliphatic carbocycles. The van der Waals surface area contributed by atoms with Crippen LogP contribution in [0.15, 0.2) is 39.6 Å². The van der Waals surface area contributed by atoms with Crippen LogP contribution in [0.1, 0.15) is 24.0 Å². The minimum atomic E-state index is 0.485. The van der Waals surface area contributed by atoms with Crippen LogP contribution in [0.5, 0.6) is 0 Å². The molecule has 2 rings (SSSR count). The van der Waals surface area contributed by atoms with Crippen LogP contribution in [0.4, 0.5) is 0 Å². The molecule has 0 aromatic carbocycles. The molecule has 4 nitrogen and oxygen atoms in total. The minimum Gasteiger partial charge on any atom is -0.468 e. The fourth-order valence-corrected chi connectivity index (χ4v) is 1.55. The fraction of sp³-hybridized carbons (Fsp3) is 0.385. The SMILES string of the molecule is CCNCc1occc1COCc1ccco1. The van der Waals surface area contributed by atoms with Crippen LogP contribution < -0.4 is 5.32 Å². The summed E-state index contributed by atoms with van der Waals surface area (Å²) in [4.78, 5) is 0. The number of furan rings is 2. The second-order valence-electron chi connectivity index (χ2n) is 3.72. The molecule has 0 saturated carbocycles. The van der Waals surface area contributed by atoms with E-state index in [1.807, 2.05) is 18.2 Å². The third-order valence-corrected chi connectivity index (χ3v) is 2.46. The van der Waals surface area contributed by atoms with Gasteiger partial charge in [-0.25, -0.2) is 0 Å². The minimum absolute atomic E-state index is 0.485. The molecule has 2 aromatic rings. The third kappa shape index (κ3) is 3.47. The van der Waals surface area contributed by atoms with E-state index in [1.54, 1.807) is 12.5 Å². The first-order valence-corrected chi connectivity index (χ1v) is 5.76. The van der Waals surface area contributed by atoms with Crippen molar-refractivity contribution in [2.75, 3.05) is 6.54 Å². The molecule has 4 heteroatoms. The van der Waals surface area contributed by atoms with Crippen LogP contribution in [0.3, 0.4) is 0 Å². The van der Waals surface area contributed by atoms with Gasteiger partial charge in [-0.05, 0) is 24.7 Å². The Bertz CT molecular complexity index is 420. The van der Waals surface area contributed by atoms with Crippen molar-refractivity contribution in [2.24, 2.45) is 0 Å². The van der Waals surface area contributed by atoms with E-state index in [9.17, 15) is 0 Å². The molecule has 0 unspecified atom stereocenters. The zero-order valence-corrected chi connectivity index (χ0v) is 9.94. The van der Waals surface area contributed by atoms with Crippen LogP contribution in [0, 0.1) is 0 Å². The molecule has 2 heterocycles. The molecule has 0 aliphatic heterocycles.